The van der Waals surface area contributed by atoms with Crippen LogP contribution in [0.1, 0.15) is 31.3 Å². The monoisotopic (exact) mass is 427 g/mol. The normalized spacial score (nSPS) is 12.8. The molecule has 1 heterocycles. The summed E-state index contributed by atoms with van der Waals surface area (Å²) in [7, 11) is -3.16. The molecule has 1 unspecified atom stereocenters. The zero-order valence-corrected chi connectivity index (χ0v) is 16.9. The Morgan fingerprint density at radius 2 is 1.92 bits per heavy atom. The SMILES string of the molecule is CCN(C(=O)c1cc(-c2ccc(Br)cc2)n[nH]1)C(C)CS(=O)(=O)CC. The second kappa shape index (κ2) is 8.14. The third kappa shape index (κ3) is 4.92. The van der Waals surface area contributed by atoms with Crippen molar-refractivity contribution in [2.24, 2.45) is 0 Å². The number of sulfone groups is 1. The van der Waals surface area contributed by atoms with Crippen LogP contribution >= 0.6 is 15.9 Å². The lowest BCUT2D eigenvalue weighted by molar-refractivity contribution is 0.0713. The largest absolute Gasteiger partial charge is 0.334 e. The van der Waals surface area contributed by atoms with Crippen molar-refractivity contribution in [2.45, 2.75) is 26.8 Å². The molecule has 0 aliphatic rings. The Bertz CT molecular complexity index is 831. The lowest BCUT2D eigenvalue weighted by atomic mass is 10.1. The Balaban J connectivity index is 2.19. The fourth-order valence-corrected chi connectivity index (χ4v) is 4.00. The maximum Gasteiger partial charge on any atom is 0.272 e. The smallest absolute Gasteiger partial charge is 0.272 e. The summed E-state index contributed by atoms with van der Waals surface area (Å²) in [5.41, 5.74) is 1.91. The number of rotatable bonds is 7. The van der Waals surface area contributed by atoms with Crippen LogP contribution in [-0.4, -0.2) is 53.5 Å². The minimum Gasteiger partial charge on any atom is -0.334 e. The van der Waals surface area contributed by atoms with Gasteiger partial charge in [0.1, 0.15) is 5.69 Å². The van der Waals surface area contributed by atoms with Crippen molar-refractivity contribution in [2.75, 3.05) is 18.1 Å². The van der Waals surface area contributed by atoms with Gasteiger partial charge in [0.2, 0.25) is 0 Å². The van der Waals surface area contributed by atoms with Gasteiger partial charge in [0, 0.05) is 28.4 Å². The number of amides is 1. The van der Waals surface area contributed by atoms with Gasteiger partial charge in [-0.1, -0.05) is 35.0 Å². The van der Waals surface area contributed by atoms with Gasteiger partial charge in [0.15, 0.2) is 9.84 Å². The third-order valence-corrected chi connectivity index (χ3v) is 6.42. The summed E-state index contributed by atoms with van der Waals surface area (Å²) in [4.78, 5) is 14.3. The molecule has 0 radical (unpaired) electrons. The molecule has 0 spiro atoms. The van der Waals surface area contributed by atoms with Crippen molar-refractivity contribution >= 4 is 31.7 Å². The summed E-state index contributed by atoms with van der Waals surface area (Å²) in [5, 5.41) is 6.96. The number of H-pyrrole nitrogens is 1. The van der Waals surface area contributed by atoms with Crippen molar-refractivity contribution in [1.29, 1.82) is 0 Å². The van der Waals surface area contributed by atoms with E-state index in [-0.39, 0.29) is 17.4 Å². The zero-order chi connectivity index (χ0) is 18.6. The molecule has 8 heteroatoms. The van der Waals surface area contributed by atoms with E-state index in [1.807, 2.05) is 31.2 Å². The first kappa shape index (κ1) is 19.7. The number of carbonyl (C=O) groups is 1. The third-order valence-electron chi connectivity index (χ3n) is 4.02. The molecule has 0 saturated carbocycles. The van der Waals surface area contributed by atoms with Crippen molar-refractivity contribution in [3.8, 4) is 11.3 Å². The predicted octanol–water partition coefficient (Wildman–Crippen LogP) is 3.12. The number of aromatic amines is 1. The summed E-state index contributed by atoms with van der Waals surface area (Å²) in [6.07, 6.45) is 0. The molecule has 0 fully saturated rings. The van der Waals surface area contributed by atoms with Crippen LogP contribution in [0.25, 0.3) is 11.3 Å². The zero-order valence-electron chi connectivity index (χ0n) is 14.5. The van der Waals surface area contributed by atoms with E-state index in [4.69, 9.17) is 0 Å². The molecule has 1 N–H and O–H groups in total. The molecule has 136 valence electrons. The highest BCUT2D eigenvalue weighted by atomic mass is 79.9. The van der Waals surface area contributed by atoms with Gasteiger partial charge in [-0.25, -0.2) is 8.42 Å². The van der Waals surface area contributed by atoms with Crippen molar-refractivity contribution in [1.82, 2.24) is 15.1 Å². The lowest BCUT2D eigenvalue weighted by Gasteiger charge is -2.27. The van der Waals surface area contributed by atoms with Crippen LogP contribution in [0.5, 0.6) is 0 Å². The van der Waals surface area contributed by atoms with E-state index in [9.17, 15) is 13.2 Å². The average Bonchev–Trinajstić information content (AvgIpc) is 3.05. The summed E-state index contributed by atoms with van der Waals surface area (Å²) in [6, 6.07) is 8.91. The lowest BCUT2D eigenvalue weighted by Crippen LogP contribution is -2.42. The van der Waals surface area contributed by atoms with Crippen LogP contribution < -0.4 is 0 Å². The number of aromatic nitrogens is 2. The van der Waals surface area contributed by atoms with Crippen molar-refractivity contribution < 1.29 is 13.2 Å². The number of benzene rings is 1. The highest BCUT2D eigenvalue weighted by molar-refractivity contribution is 9.10. The molecule has 1 amide bonds. The number of hydrogen-bond acceptors (Lipinski definition) is 4. The Morgan fingerprint density at radius 1 is 1.28 bits per heavy atom. The van der Waals surface area contributed by atoms with Gasteiger partial charge in [-0.05, 0) is 32.0 Å². The van der Waals surface area contributed by atoms with Gasteiger partial charge < -0.3 is 4.90 Å². The molecule has 0 saturated heterocycles. The molecule has 2 rings (SSSR count). The highest BCUT2D eigenvalue weighted by Gasteiger charge is 2.25. The number of hydrogen-bond donors (Lipinski definition) is 1. The van der Waals surface area contributed by atoms with Crippen LogP contribution in [0.2, 0.25) is 0 Å². The standard InChI is InChI=1S/C17H22BrN3O3S/c1-4-21(12(3)11-25(23,24)5-2)17(22)16-10-15(19-20-16)13-6-8-14(18)9-7-13/h6-10,12H,4-5,11H2,1-3H3,(H,19,20). The van der Waals surface area contributed by atoms with E-state index in [1.165, 1.54) is 0 Å². The molecular weight excluding hydrogens is 406 g/mol. The fraction of sp³-hybridized carbons (Fsp3) is 0.412. The Labute approximate surface area is 156 Å². The van der Waals surface area contributed by atoms with Crippen LogP contribution in [0, 0.1) is 0 Å². The second-order valence-corrected chi connectivity index (χ2v) is 9.13. The van der Waals surface area contributed by atoms with E-state index in [0.29, 0.717) is 17.9 Å². The van der Waals surface area contributed by atoms with Gasteiger partial charge in [-0.15, -0.1) is 0 Å². The average molecular weight is 428 g/mol. The molecule has 0 aliphatic carbocycles. The topological polar surface area (TPSA) is 83.1 Å². The minimum atomic E-state index is -3.16. The Hall–Kier alpha value is -1.67. The molecule has 0 bridgehead atoms. The predicted molar refractivity (Wildman–Crippen MR) is 102 cm³/mol. The van der Waals surface area contributed by atoms with Gasteiger partial charge in [-0.3, -0.25) is 9.89 Å². The summed E-state index contributed by atoms with van der Waals surface area (Å²) in [6.45, 7) is 5.62. The first-order chi connectivity index (χ1) is 11.8. The van der Waals surface area contributed by atoms with Crippen LogP contribution in [0.4, 0.5) is 0 Å². The first-order valence-corrected chi connectivity index (χ1v) is 10.7. The van der Waals surface area contributed by atoms with Gasteiger partial charge >= 0.3 is 0 Å². The molecule has 6 nitrogen and oxygen atoms in total. The van der Waals surface area contributed by atoms with Crippen molar-refractivity contribution in [3.05, 3.63) is 40.5 Å². The van der Waals surface area contributed by atoms with E-state index in [1.54, 1.807) is 24.8 Å². The number of nitrogens with zero attached hydrogens (tertiary/aromatic N) is 2. The van der Waals surface area contributed by atoms with E-state index in [2.05, 4.69) is 26.1 Å². The maximum absolute atomic E-state index is 12.7. The van der Waals surface area contributed by atoms with Crippen molar-refractivity contribution in [3.63, 3.8) is 0 Å². The fourth-order valence-electron chi connectivity index (χ4n) is 2.59. The Morgan fingerprint density at radius 3 is 2.48 bits per heavy atom. The number of halogens is 1. The number of carbonyl (C=O) groups excluding carboxylic acids is 1. The quantitative estimate of drug-likeness (QED) is 0.735. The molecule has 0 aliphatic heterocycles. The molecule has 1 atom stereocenters. The number of nitrogens with one attached hydrogen (secondary N) is 1. The summed E-state index contributed by atoms with van der Waals surface area (Å²) < 4.78 is 24.7. The van der Waals surface area contributed by atoms with Crippen LogP contribution in [-0.2, 0) is 9.84 Å². The summed E-state index contributed by atoms with van der Waals surface area (Å²) >= 11 is 3.38. The minimum absolute atomic E-state index is 0.0449. The van der Waals surface area contributed by atoms with E-state index >= 15 is 0 Å². The Kier molecular flexibility index (Phi) is 6.40. The highest BCUT2D eigenvalue weighted by Crippen LogP contribution is 2.21. The maximum atomic E-state index is 12.7. The van der Waals surface area contributed by atoms with E-state index < -0.39 is 15.9 Å². The van der Waals surface area contributed by atoms with Gasteiger partial charge in [0.25, 0.3) is 5.91 Å². The molecule has 1 aromatic carbocycles. The van der Waals surface area contributed by atoms with Crippen LogP contribution in [0.3, 0.4) is 0 Å². The second-order valence-electron chi connectivity index (χ2n) is 5.81. The molecule has 2 aromatic rings. The first-order valence-electron chi connectivity index (χ1n) is 8.10. The van der Waals surface area contributed by atoms with Gasteiger partial charge in [0.05, 0.1) is 11.4 Å². The molecule has 25 heavy (non-hydrogen) atoms. The van der Waals surface area contributed by atoms with Crippen LogP contribution in [0.15, 0.2) is 34.8 Å². The van der Waals surface area contributed by atoms with E-state index in [0.717, 1.165) is 10.0 Å². The molecule has 1 aromatic heterocycles. The molecular formula is C17H22BrN3O3S. The summed E-state index contributed by atoms with van der Waals surface area (Å²) in [5.74, 6) is -0.227. The van der Waals surface area contributed by atoms with Gasteiger partial charge in [-0.2, -0.15) is 5.10 Å².